The molecule has 0 aromatic carbocycles. The van der Waals surface area contributed by atoms with Crippen LogP contribution in [0.15, 0.2) is 36.5 Å². The molecule has 0 radical (unpaired) electrons. The molecule has 0 saturated carbocycles. The van der Waals surface area contributed by atoms with E-state index in [4.69, 9.17) is 18.9 Å². The van der Waals surface area contributed by atoms with Crippen LogP contribution in [0.4, 0.5) is 0 Å². The second-order valence-corrected chi connectivity index (χ2v) is 16.5. The number of allylic oxidation sites excluding steroid dienone is 6. The Labute approximate surface area is 338 Å². The van der Waals surface area contributed by atoms with Crippen LogP contribution in [0.25, 0.3) is 0 Å². The molecule has 0 bridgehead atoms. The number of carbonyl (C=O) groups is 2. The molecule has 0 aromatic rings. The predicted molar refractivity (Wildman–Crippen MR) is 219 cm³/mol. The maximum absolute atomic E-state index is 12.8. The van der Waals surface area contributed by atoms with Crippen molar-refractivity contribution in [3.05, 3.63) is 36.5 Å². The van der Waals surface area contributed by atoms with E-state index in [1.54, 1.807) is 0 Å². The van der Waals surface area contributed by atoms with Gasteiger partial charge in [0.25, 0.3) is 10.1 Å². The summed E-state index contributed by atoms with van der Waals surface area (Å²) in [6, 6.07) is 0. The largest absolute Gasteiger partial charge is 0.462 e. The molecule has 2 unspecified atom stereocenters. The Kier molecular flexibility index (Phi) is 31.3. The summed E-state index contributed by atoms with van der Waals surface area (Å²) in [4.78, 5) is 25.3. The van der Waals surface area contributed by atoms with Gasteiger partial charge in [0.05, 0.1) is 6.61 Å². The summed E-state index contributed by atoms with van der Waals surface area (Å²) in [5.74, 6) is -2.04. The van der Waals surface area contributed by atoms with Crippen LogP contribution in [0.2, 0.25) is 0 Å². The summed E-state index contributed by atoms with van der Waals surface area (Å²) >= 11 is 0. The van der Waals surface area contributed by atoms with Gasteiger partial charge in [-0.1, -0.05) is 121 Å². The first kappa shape index (κ1) is 51.9. The summed E-state index contributed by atoms with van der Waals surface area (Å²) in [6.07, 6.45) is 27.7. The molecule has 0 aromatic heterocycles. The molecular formula is C43H76O12S. The van der Waals surface area contributed by atoms with Crippen LogP contribution in [-0.2, 0) is 38.7 Å². The highest BCUT2D eigenvalue weighted by atomic mass is 32.2. The molecule has 1 saturated heterocycles. The summed E-state index contributed by atoms with van der Waals surface area (Å²) in [6.45, 7) is 3.68. The van der Waals surface area contributed by atoms with Gasteiger partial charge in [-0.05, 0) is 70.6 Å². The van der Waals surface area contributed by atoms with Crippen molar-refractivity contribution in [3.8, 4) is 0 Å². The van der Waals surface area contributed by atoms with Crippen LogP contribution in [0.1, 0.15) is 168 Å². The van der Waals surface area contributed by atoms with Crippen molar-refractivity contribution >= 4 is 22.1 Å². The first-order valence-electron chi connectivity index (χ1n) is 21.5. The summed E-state index contributed by atoms with van der Waals surface area (Å²) in [5.41, 5.74) is 0. The van der Waals surface area contributed by atoms with Gasteiger partial charge in [0.1, 0.15) is 36.8 Å². The zero-order valence-electron chi connectivity index (χ0n) is 34.5. The van der Waals surface area contributed by atoms with E-state index in [1.165, 1.54) is 64.2 Å². The first-order valence-corrected chi connectivity index (χ1v) is 23.2. The lowest BCUT2D eigenvalue weighted by Gasteiger charge is -2.40. The normalized spacial score (nSPS) is 21.0. The molecule has 6 atom stereocenters. The number of hydrogen-bond donors (Lipinski definition) is 4. The quantitative estimate of drug-likeness (QED) is 0.0208. The van der Waals surface area contributed by atoms with Gasteiger partial charge in [-0.25, -0.2) is 0 Å². The minimum absolute atomic E-state index is 0.147. The number of hydrogen-bond acceptors (Lipinski definition) is 11. The molecule has 4 N–H and O–H groups in total. The summed E-state index contributed by atoms with van der Waals surface area (Å²) in [5, 5.41) is 30.8. The first-order chi connectivity index (χ1) is 27.0. The van der Waals surface area contributed by atoms with E-state index >= 15 is 0 Å². The monoisotopic (exact) mass is 817 g/mol. The zero-order valence-corrected chi connectivity index (χ0v) is 35.3. The Balaban J connectivity index is 2.51. The molecule has 56 heavy (non-hydrogen) atoms. The molecule has 13 heteroatoms. The molecule has 1 heterocycles. The van der Waals surface area contributed by atoms with Crippen molar-refractivity contribution in [1.82, 2.24) is 0 Å². The lowest BCUT2D eigenvalue weighted by Crippen LogP contribution is -2.60. The number of esters is 2. The van der Waals surface area contributed by atoms with E-state index in [-0.39, 0.29) is 19.4 Å². The number of carbonyl (C=O) groups excluding carboxylic acids is 2. The van der Waals surface area contributed by atoms with Crippen molar-refractivity contribution < 1.29 is 56.8 Å². The van der Waals surface area contributed by atoms with E-state index in [2.05, 4.69) is 50.3 Å². The fourth-order valence-electron chi connectivity index (χ4n) is 6.29. The fourth-order valence-corrected chi connectivity index (χ4v) is 6.98. The second-order valence-electron chi connectivity index (χ2n) is 15.0. The minimum Gasteiger partial charge on any atom is -0.462 e. The van der Waals surface area contributed by atoms with Crippen LogP contribution in [-0.4, -0.2) is 96.0 Å². The van der Waals surface area contributed by atoms with E-state index in [0.717, 1.165) is 64.2 Å². The van der Waals surface area contributed by atoms with Gasteiger partial charge < -0.3 is 34.3 Å². The van der Waals surface area contributed by atoms with Crippen LogP contribution < -0.4 is 0 Å². The third kappa shape index (κ3) is 28.3. The van der Waals surface area contributed by atoms with Gasteiger partial charge in [-0.2, -0.15) is 8.42 Å². The molecule has 0 amide bonds. The zero-order chi connectivity index (χ0) is 41.3. The highest BCUT2D eigenvalue weighted by Crippen LogP contribution is 2.24. The molecule has 1 fully saturated rings. The molecule has 1 aliphatic rings. The van der Waals surface area contributed by atoms with Crippen molar-refractivity contribution in [2.75, 3.05) is 19.0 Å². The Morgan fingerprint density at radius 3 is 1.64 bits per heavy atom. The van der Waals surface area contributed by atoms with Crippen molar-refractivity contribution in [2.45, 2.75) is 205 Å². The second kappa shape index (κ2) is 33.8. The maximum Gasteiger partial charge on any atom is 0.306 e. The van der Waals surface area contributed by atoms with Crippen LogP contribution in [0, 0.1) is 0 Å². The van der Waals surface area contributed by atoms with Crippen molar-refractivity contribution in [3.63, 3.8) is 0 Å². The third-order valence-corrected chi connectivity index (χ3v) is 10.4. The van der Waals surface area contributed by atoms with Gasteiger partial charge in [0, 0.05) is 12.8 Å². The summed E-state index contributed by atoms with van der Waals surface area (Å²) < 4.78 is 53.9. The van der Waals surface area contributed by atoms with E-state index in [9.17, 15) is 37.9 Å². The molecule has 326 valence electrons. The predicted octanol–water partition coefficient (Wildman–Crippen LogP) is 8.22. The average molecular weight is 817 g/mol. The van der Waals surface area contributed by atoms with Crippen molar-refractivity contribution in [2.24, 2.45) is 0 Å². The molecule has 1 rings (SSSR count). The standard InChI is InChI=1S/C43H76O12S/c1-3-5-7-9-11-13-15-17-18-20-21-23-25-27-29-31-38(44)52-33-36(34-53-43-42(48)41(47)40(46)37(55-43)35-56(49,50)51)54-39(45)32-30-28-26-24-22-19-16-14-12-10-8-6-4-2/h14,16-18,21,23,36-37,40-43,46-48H,3-13,15,19-20,22,24-35H2,1-2H3,(H,49,50,51)/b16-14+,18-17+,23-21+/t36-,37-,40-,41?,42?,43+/m1/s1. The molecule has 1 aliphatic heterocycles. The number of rotatable bonds is 35. The molecule has 0 spiro atoms. The highest BCUT2D eigenvalue weighted by Gasteiger charge is 2.46. The Morgan fingerprint density at radius 1 is 0.607 bits per heavy atom. The topological polar surface area (TPSA) is 186 Å². The van der Waals surface area contributed by atoms with E-state index in [1.807, 2.05) is 0 Å². The van der Waals surface area contributed by atoms with Crippen LogP contribution >= 0.6 is 0 Å². The minimum atomic E-state index is -4.60. The van der Waals surface area contributed by atoms with Crippen molar-refractivity contribution in [1.29, 1.82) is 0 Å². The van der Waals surface area contributed by atoms with Crippen LogP contribution in [0.5, 0.6) is 0 Å². The number of unbranched alkanes of at least 4 members (excludes halogenated alkanes) is 17. The molecule has 0 aliphatic carbocycles. The molecular weight excluding hydrogens is 741 g/mol. The number of aliphatic hydroxyl groups excluding tert-OH is 3. The Hall–Kier alpha value is -2.13. The number of aliphatic hydroxyl groups is 3. The lowest BCUT2D eigenvalue weighted by atomic mass is 10.00. The summed E-state index contributed by atoms with van der Waals surface area (Å²) in [7, 11) is -4.60. The fraction of sp³-hybridized carbons (Fsp3) is 0.814. The maximum atomic E-state index is 12.8. The van der Waals surface area contributed by atoms with Crippen LogP contribution in [0.3, 0.4) is 0 Å². The molecule has 12 nitrogen and oxygen atoms in total. The Morgan fingerprint density at radius 2 is 1.07 bits per heavy atom. The number of ether oxygens (including phenoxy) is 4. The Bertz CT molecular complexity index is 1190. The smallest absolute Gasteiger partial charge is 0.306 e. The average Bonchev–Trinajstić information content (AvgIpc) is 3.16. The van der Waals surface area contributed by atoms with Gasteiger partial charge >= 0.3 is 11.9 Å². The highest BCUT2D eigenvalue weighted by molar-refractivity contribution is 7.85. The van der Waals surface area contributed by atoms with Gasteiger partial charge in [0.15, 0.2) is 12.4 Å². The lowest BCUT2D eigenvalue weighted by molar-refractivity contribution is -0.297. The third-order valence-electron chi connectivity index (χ3n) is 9.69. The van der Waals surface area contributed by atoms with Gasteiger partial charge in [-0.15, -0.1) is 0 Å². The van der Waals surface area contributed by atoms with Gasteiger partial charge in [-0.3, -0.25) is 14.1 Å². The van der Waals surface area contributed by atoms with E-state index in [0.29, 0.717) is 12.8 Å². The SMILES string of the molecule is CCCCCC/C=C/CCCCCCCC(=O)O[C@H](COC(=O)CCCC/C=C/C/C=C/CCCCCCCC)CO[C@H]1O[C@H](CS(=O)(=O)O)[C@@H](O)C(O)C1O. The van der Waals surface area contributed by atoms with E-state index < -0.39 is 71.2 Å². The van der Waals surface area contributed by atoms with Gasteiger partial charge in [0.2, 0.25) is 0 Å².